The molecule has 0 spiro atoms. The standard InChI is InChI=1S/C8H10N4OS/c9-8(10)14-5-7(13)12-6-3-1-2-4-11-6/h1-4H,5H2,(H3,9,10)(H,11,12,13). The van der Waals surface area contributed by atoms with Crippen molar-refractivity contribution < 1.29 is 4.79 Å². The normalized spacial score (nSPS) is 9.43. The van der Waals surface area contributed by atoms with E-state index in [2.05, 4.69) is 10.3 Å². The molecule has 0 saturated carbocycles. The number of nitrogens with two attached hydrogens (primary N) is 1. The Kier molecular flexibility index (Phi) is 3.93. The molecule has 0 bridgehead atoms. The first-order valence-corrected chi connectivity index (χ1v) is 4.85. The summed E-state index contributed by atoms with van der Waals surface area (Å²) in [7, 11) is 0. The van der Waals surface area contributed by atoms with Gasteiger partial charge in [-0.25, -0.2) is 4.98 Å². The van der Waals surface area contributed by atoms with Crippen molar-refractivity contribution >= 4 is 28.7 Å². The number of nitrogens with zero attached hydrogens (tertiary/aromatic N) is 1. The van der Waals surface area contributed by atoms with Crippen LogP contribution in [0.3, 0.4) is 0 Å². The van der Waals surface area contributed by atoms with Gasteiger partial charge in [0.1, 0.15) is 5.82 Å². The van der Waals surface area contributed by atoms with Crippen molar-refractivity contribution in [3.05, 3.63) is 24.4 Å². The summed E-state index contributed by atoms with van der Waals surface area (Å²) in [6, 6.07) is 5.23. The zero-order valence-corrected chi connectivity index (χ0v) is 8.17. The Labute approximate surface area is 85.6 Å². The first-order valence-electron chi connectivity index (χ1n) is 3.86. The van der Waals surface area contributed by atoms with Crippen molar-refractivity contribution in [3.63, 3.8) is 0 Å². The molecule has 4 N–H and O–H groups in total. The monoisotopic (exact) mass is 210 g/mol. The largest absolute Gasteiger partial charge is 0.379 e. The fraction of sp³-hybridized carbons (Fsp3) is 0.125. The van der Waals surface area contributed by atoms with Crippen molar-refractivity contribution in [3.8, 4) is 0 Å². The van der Waals surface area contributed by atoms with Crippen LogP contribution >= 0.6 is 11.8 Å². The molecule has 0 atom stereocenters. The second kappa shape index (κ2) is 5.23. The highest BCUT2D eigenvalue weighted by molar-refractivity contribution is 8.14. The fourth-order valence-electron chi connectivity index (χ4n) is 0.759. The van der Waals surface area contributed by atoms with E-state index in [1.165, 1.54) is 0 Å². The summed E-state index contributed by atoms with van der Waals surface area (Å²) < 4.78 is 0. The van der Waals surface area contributed by atoms with E-state index in [0.717, 1.165) is 11.8 Å². The number of pyridine rings is 1. The average Bonchev–Trinajstić information content (AvgIpc) is 2.16. The first-order chi connectivity index (χ1) is 6.68. The molecule has 0 aliphatic heterocycles. The highest BCUT2D eigenvalue weighted by Gasteiger charge is 2.03. The maximum atomic E-state index is 11.2. The number of nitrogens with one attached hydrogen (secondary N) is 2. The van der Waals surface area contributed by atoms with Gasteiger partial charge in [-0.3, -0.25) is 10.2 Å². The van der Waals surface area contributed by atoms with Crippen molar-refractivity contribution in [2.75, 3.05) is 11.1 Å². The minimum absolute atomic E-state index is 0.0684. The molecule has 1 aromatic heterocycles. The Bertz CT molecular complexity index is 327. The van der Waals surface area contributed by atoms with E-state index < -0.39 is 0 Å². The number of amides is 1. The van der Waals surface area contributed by atoms with Gasteiger partial charge in [-0.2, -0.15) is 0 Å². The lowest BCUT2D eigenvalue weighted by molar-refractivity contribution is -0.113. The third-order valence-electron chi connectivity index (χ3n) is 1.29. The minimum Gasteiger partial charge on any atom is -0.379 e. The average molecular weight is 210 g/mol. The van der Waals surface area contributed by atoms with Gasteiger partial charge in [-0.1, -0.05) is 17.8 Å². The molecule has 1 heterocycles. The van der Waals surface area contributed by atoms with Crippen LogP contribution in [0, 0.1) is 5.41 Å². The second-order valence-electron chi connectivity index (χ2n) is 2.42. The third-order valence-corrected chi connectivity index (χ3v) is 2.01. The van der Waals surface area contributed by atoms with Crippen LogP contribution in [-0.2, 0) is 4.79 Å². The number of amidine groups is 1. The summed E-state index contributed by atoms with van der Waals surface area (Å²) in [4.78, 5) is 15.1. The number of hydrogen-bond acceptors (Lipinski definition) is 4. The molecule has 0 saturated heterocycles. The van der Waals surface area contributed by atoms with Crippen molar-refractivity contribution in [1.82, 2.24) is 4.98 Å². The number of carbonyl (C=O) groups is 1. The van der Waals surface area contributed by atoms with Gasteiger partial charge in [0.2, 0.25) is 5.91 Å². The zero-order chi connectivity index (χ0) is 10.4. The number of thioether (sulfide) groups is 1. The lowest BCUT2D eigenvalue weighted by Crippen LogP contribution is -2.17. The Morgan fingerprint density at radius 3 is 3.00 bits per heavy atom. The van der Waals surface area contributed by atoms with E-state index >= 15 is 0 Å². The summed E-state index contributed by atoms with van der Waals surface area (Å²) >= 11 is 0.980. The number of anilines is 1. The summed E-state index contributed by atoms with van der Waals surface area (Å²) in [5, 5.41) is 9.42. The Morgan fingerprint density at radius 1 is 1.64 bits per heavy atom. The zero-order valence-electron chi connectivity index (χ0n) is 7.36. The Morgan fingerprint density at radius 2 is 2.43 bits per heavy atom. The van der Waals surface area contributed by atoms with Crippen LogP contribution in [0.4, 0.5) is 5.82 Å². The molecular formula is C8H10N4OS. The van der Waals surface area contributed by atoms with Crippen LogP contribution in [0.2, 0.25) is 0 Å². The Hall–Kier alpha value is -1.56. The SMILES string of the molecule is N=C(N)SCC(=O)Nc1ccccn1. The smallest absolute Gasteiger partial charge is 0.236 e. The first kappa shape index (κ1) is 10.5. The topological polar surface area (TPSA) is 91.9 Å². The molecule has 1 rings (SSSR count). The molecule has 0 aromatic carbocycles. The predicted molar refractivity (Wildman–Crippen MR) is 57.2 cm³/mol. The number of hydrogen-bond donors (Lipinski definition) is 3. The molecule has 0 aliphatic rings. The molecule has 0 fully saturated rings. The highest BCUT2D eigenvalue weighted by atomic mass is 32.2. The number of aromatic nitrogens is 1. The number of rotatable bonds is 3. The van der Waals surface area contributed by atoms with Crippen LogP contribution in [0.1, 0.15) is 0 Å². The summed E-state index contributed by atoms with van der Waals surface area (Å²) in [5.41, 5.74) is 5.08. The van der Waals surface area contributed by atoms with Gasteiger partial charge < -0.3 is 11.1 Å². The van der Waals surface area contributed by atoms with E-state index in [9.17, 15) is 4.79 Å². The van der Waals surface area contributed by atoms with E-state index in [0.29, 0.717) is 5.82 Å². The predicted octanol–water partition coefficient (Wildman–Crippen LogP) is 0.647. The maximum Gasteiger partial charge on any atom is 0.236 e. The van der Waals surface area contributed by atoms with Gasteiger partial charge in [0, 0.05) is 6.20 Å². The van der Waals surface area contributed by atoms with Crippen LogP contribution in [0.5, 0.6) is 0 Å². The van der Waals surface area contributed by atoms with Gasteiger partial charge in [0.25, 0.3) is 0 Å². The summed E-state index contributed by atoms with van der Waals surface area (Å²) in [5.74, 6) is 0.414. The van der Waals surface area contributed by atoms with E-state index in [-0.39, 0.29) is 16.8 Å². The van der Waals surface area contributed by atoms with Crippen LogP contribution in [0.15, 0.2) is 24.4 Å². The minimum atomic E-state index is -0.219. The van der Waals surface area contributed by atoms with Crippen molar-refractivity contribution in [2.24, 2.45) is 5.73 Å². The maximum absolute atomic E-state index is 11.2. The molecule has 0 aliphatic carbocycles. The molecule has 5 nitrogen and oxygen atoms in total. The second-order valence-corrected chi connectivity index (χ2v) is 3.43. The molecule has 74 valence electrons. The summed E-state index contributed by atoms with van der Waals surface area (Å²) in [6.45, 7) is 0. The Balaban J connectivity index is 2.38. The summed E-state index contributed by atoms with van der Waals surface area (Å²) in [6.07, 6.45) is 1.59. The van der Waals surface area contributed by atoms with Crippen molar-refractivity contribution in [2.45, 2.75) is 0 Å². The van der Waals surface area contributed by atoms with Crippen LogP contribution < -0.4 is 11.1 Å². The van der Waals surface area contributed by atoms with Gasteiger partial charge >= 0.3 is 0 Å². The van der Waals surface area contributed by atoms with E-state index in [1.54, 1.807) is 24.4 Å². The lowest BCUT2D eigenvalue weighted by Gasteiger charge is -2.02. The quantitative estimate of drug-likeness (QED) is 0.504. The lowest BCUT2D eigenvalue weighted by atomic mass is 10.4. The molecule has 6 heteroatoms. The van der Waals surface area contributed by atoms with Crippen molar-refractivity contribution in [1.29, 1.82) is 5.41 Å². The molecule has 0 radical (unpaired) electrons. The van der Waals surface area contributed by atoms with E-state index in [1.807, 2.05) is 0 Å². The van der Waals surface area contributed by atoms with Gasteiger partial charge in [-0.05, 0) is 12.1 Å². The highest BCUT2D eigenvalue weighted by Crippen LogP contribution is 2.02. The molecule has 0 unspecified atom stereocenters. The number of carbonyl (C=O) groups excluding carboxylic acids is 1. The molecule has 14 heavy (non-hydrogen) atoms. The van der Waals surface area contributed by atoms with Gasteiger partial charge in [0.15, 0.2) is 5.17 Å². The van der Waals surface area contributed by atoms with Crippen LogP contribution in [-0.4, -0.2) is 21.8 Å². The van der Waals surface area contributed by atoms with Crippen LogP contribution in [0.25, 0.3) is 0 Å². The fourth-order valence-corrected chi connectivity index (χ4v) is 1.12. The molecular weight excluding hydrogens is 200 g/mol. The molecule has 1 aromatic rings. The van der Waals surface area contributed by atoms with E-state index in [4.69, 9.17) is 11.1 Å². The van der Waals surface area contributed by atoms with Gasteiger partial charge in [-0.15, -0.1) is 0 Å². The third kappa shape index (κ3) is 3.90. The van der Waals surface area contributed by atoms with Gasteiger partial charge in [0.05, 0.1) is 5.75 Å². The molecule has 1 amide bonds.